The van der Waals surface area contributed by atoms with Gasteiger partial charge in [-0.15, -0.1) is 0 Å². The molecule has 0 radical (unpaired) electrons. The van der Waals surface area contributed by atoms with Gasteiger partial charge in [-0.2, -0.15) is 0 Å². The summed E-state index contributed by atoms with van der Waals surface area (Å²) in [5.41, 5.74) is 0. The number of aliphatic hydroxyl groups is 4. The zero-order valence-corrected chi connectivity index (χ0v) is 42.8. The highest BCUT2D eigenvalue weighted by atomic mass is 16.7. The number of unbranched alkanes of at least 4 members (excludes halogenated alkanes) is 37. The van der Waals surface area contributed by atoms with Crippen molar-refractivity contribution in [2.45, 2.75) is 314 Å². The fourth-order valence-electron chi connectivity index (χ4n) is 9.02. The lowest BCUT2D eigenvalue weighted by atomic mass is 9.99. The van der Waals surface area contributed by atoms with Crippen LogP contribution in [0.4, 0.5) is 0 Å². The number of allylic oxidation sites excluding steroid dienone is 2. The second-order valence-corrected chi connectivity index (χ2v) is 19.7. The minimum absolute atomic E-state index is 0.108. The van der Waals surface area contributed by atoms with Crippen molar-refractivity contribution in [1.82, 2.24) is 0 Å². The van der Waals surface area contributed by atoms with Gasteiger partial charge in [-0.05, 0) is 38.5 Å². The standard InChI is InChI=1S/C56H108O9/c1-3-5-7-9-11-13-15-17-19-21-23-24-25-26-28-30-32-34-36-38-40-42-44-46-62-48-50(49-63-56-55(61)54(60)53(59)51(47-57)65-56)64-52(58)45-43-41-39-37-35-33-31-29-27-22-20-18-16-14-12-10-8-6-4-2/h18,20,50-51,53-57,59-61H,3-17,19,21-49H2,1-2H3/b20-18-. The van der Waals surface area contributed by atoms with Crippen LogP contribution in [-0.2, 0) is 23.7 Å². The van der Waals surface area contributed by atoms with Crippen LogP contribution in [0.3, 0.4) is 0 Å². The second-order valence-electron chi connectivity index (χ2n) is 19.7. The molecular formula is C56H108O9. The molecule has 6 atom stereocenters. The topological polar surface area (TPSA) is 135 Å². The summed E-state index contributed by atoms with van der Waals surface area (Å²) >= 11 is 0. The number of hydrogen-bond donors (Lipinski definition) is 4. The van der Waals surface area contributed by atoms with Gasteiger partial charge >= 0.3 is 5.97 Å². The molecule has 1 fully saturated rings. The first kappa shape index (κ1) is 61.9. The maximum atomic E-state index is 12.9. The minimum Gasteiger partial charge on any atom is -0.457 e. The summed E-state index contributed by atoms with van der Waals surface area (Å²) in [7, 11) is 0. The Morgan fingerprint density at radius 2 is 0.846 bits per heavy atom. The normalized spacial score (nSPS) is 19.4. The fourth-order valence-corrected chi connectivity index (χ4v) is 9.02. The predicted molar refractivity (Wildman–Crippen MR) is 270 cm³/mol. The van der Waals surface area contributed by atoms with Crippen LogP contribution in [0.2, 0.25) is 0 Å². The molecule has 65 heavy (non-hydrogen) atoms. The van der Waals surface area contributed by atoms with Crippen LogP contribution in [0.5, 0.6) is 0 Å². The molecule has 386 valence electrons. The highest BCUT2D eigenvalue weighted by Gasteiger charge is 2.44. The van der Waals surface area contributed by atoms with Crippen LogP contribution in [0, 0.1) is 0 Å². The van der Waals surface area contributed by atoms with Gasteiger partial charge in [-0.3, -0.25) is 4.79 Å². The average Bonchev–Trinajstić information content (AvgIpc) is 3.31. The van der Waals surface area contributed by atoms with Crippen molar-refractivity contribution in [3.05, 3.63) is 12.2 Å². The molecule has 1 aliphatic rings. The second kappa shape index (κ2) is 48.0. The first-order valence-corrected chi connectivity index (χ1v) is 28.3. The first-order valence-electron chi connectivity index (χ1n) is 28.3. The molecule has 0 amide bonds. The van der Waals surface area contributed by atoms with Gasteiger partial charge < -0.3 is 39.4 Å². The number of aliphatic hydroxyl groups excluding tert-OH is 4. The van der Waals surface area contributed by atoms with Gasteiger partial charge in [0.05, 0.1) is 19.8 Å². The zero-order valence-electron chi connectivity index (χ0n) is 42.8. The van der Waals surface area contributed by atoms with Gasteiger partial charge in [0.2, 0.25) is 0 Å². The molecule has 0 bridgehead atoms. The van der Waals surface area contributed by atoms with Crippen LogP contribution in [0.1, 0.15) is 277 Å². The molecule has 9 heteroatoms. The molecular weight excluding hydrogens is 817 g/mol. The molecule has 6 unspecified atom stereocenters. The number of rotatable bonds is 50. The maximum Gasteiger partial charge on any atom is 0.306 e. The Hall–Kier alpha value is -1.07. The summed E-state index contributed by atoms with van der Waals surface area (Å²) in [6, 6.07) is 0. The lowest BCUT2D eigenvalue weighted by Gasteiger charge is -2.39. The summed E-state index contributed by atoms with van der Waals surface area (Å²) in [5.74, 6) is -0.309. The van der Waals surface area contributed by atoms with Gasteiger partial charge in [-0.1, -0.05) is 244 Å². The summed E-state index contributed by atoms with van der Waals surface area (Å²) in [6.07, 6.45) is 49.7. The highest BCUT2D eigenvalue weighted by molar-refractivity contribution is 5.69. The number of carbonyl (C=O) groups excluding carboxylic acids is 1. The highest BCUT2D eigenvalue weighted by Crippen LogP contribution is 2.23. The van der Waals surface area contributed by atoms with Crippen molar-refractivity contribution in [2.24, 2.45) is 0 Å². The van der Waals surface area contributed by atoms with Crippen molar-refractivity contribution in [3.63, 3.8) is 0 Å². The molecule has 0 aromatic carbocycles. The van der Waals surface area contributed by atoms with E-state index >= 15 is 0 Å². The van der Waals surface area contributed by atoms with Crippen LogP contribution < -0.4 is 0 Å². The molecule has 0 saturated carbocycles. The third-order valence-corrected chi connectivity index (χ3v) is 13.4. The van der Waals surface area contributed by atoms with Crippen LogP contribution in [0.25, 0.3) is 0 Å². The fraction of sp³-hybridized carbons (Fsp3) is 0.946. The summed E-state index contributed by atoms with van der Waals surface area (Å²) in [6.45, 7) is 4.62. The Morgan fingerprint density at radius 3 is 1.25 bits per heavy atom. The largest absolute Gasteiger partial charge is 0.457 e. The SMILES string of the molecule is CCCCCCCC/C=C\CCCCCCCCCCCC(=O)OC(COCCCCCCCCCCCCCCCCCCCCCCCCC)COC1OC(CO)C(O)C(O)C1O. The number of ether oxygens (including phenoxy) is 4. The average molecular weight is 925 g/mol. The van der Waals surface area contributed by atoms with E-state index in [9.17, 15) is 25.2 Å². The zero-order chi connectivity index (χ0) is 47.1. The molecule has 0 aliphatic carbocycles. The van der Waals surface area contributed by atoms with Crippen molar-refractivity contribution >= 4 is 5.97 Å². The Morgan fingerprint density at radius 1 is 0.477 bits per heavy atom. The molecule has 1 saturated heterocycles. The van der Waals surface area contributed by atoms with Gasteiger partial charge in [0.15, 0.2) is 6.29 Å². The first-order chi connectivity index (χ1) is 31.9. The molecule has 9 nitrogen and oxygen atoms in total. The maximum absolute atomic E-state index is 12.9. The van der Waals surface area contributed by atoms with Crippen LogP contribution in [0.15, 0.2) is 12.2 Å². The minimum atomic E-state index is -1.53. The lowest BCUT2D eigenvalue weighted by Crippen LogP contribution is -2.59. The Labute approximate surface area is 401 Å². The van der Waals surface area contributed by atoms with Gasteiger partial charge in [0, 0.05) is 13.0 Å². The van der Waals surface area contributed by atoms with E-state index in [4.69, 9.17) is 18.9 Å². The van der Waals surface area contributed by atoms with E-state index < -0.39 is 43.4 Å². The third-order valence-electron chi connectivity index (χ3n) is 13.4. The molecule has 0 spiro atoms. The Balaban J connectivity index is 2.14. The van der Waals surface area contributed by atoms with Gasteiger partial charge in [0.1, 0.15) is 30.5 Å². The predicted octanol–water partition coefficient (Wildman–Crippen LogP) is 14.3. The molecule has 0 aromatic heterocycles. The van der Waals surface area contributed by atoms with E-state index in [-0.39, 0.29) is 19.2 Å². The molecule has 1 rings (SSSR count). The number of carbonyl (C=O) groups is 1. The molecule has 1 heterocycles. The summed E-state index contributed by atoms with van der Waals surface area (Å²) < 4.78 is 23.0. The van der Waals surface area contributed by atoms with E-state index in [0.717, 1.165) is 32.1 Å². The molecule has 1 aliphatic heterocycles. The van der Waals surface area contributed by atoms with Crippen molar-refractivity contribution < 1.29 is 44.2 Å². The van der Waals surface area contributed by atoms with Gasteiger partial charge in [-0.25, -0.2) is 0 Å². The lowest BCUT2D eigenvalue weighted by molar-refractivity contribution is -0.305. The Bertz CT molecular complexity index is 1010. The quantitative estimate of drug-likeness (QED) is 0.0267. The van der Waals surface area contributed by atoms with E-state index in [1.54, 1.807) is 0 Å². The summed E-state index contributed by atoms with van der Waals surface area (Å²) in [4.78, 5) is 12.9. The summed E-state index contributed by atoms with van der Waals surface area (Å²) in [5, 5.41) is 40.3. The molecule has 4 N–H and O–H groups in total. The molecule has 0 aromatic rings. The van der Waals surface area contributed by atoms with E-state index in [1.807, 2.05) is 0 Å². The van der Waals surface area contributed by atoms with E-state index in [0.29, 0.717) is 13.0 Å². The van der Waals surface area contributed by atoms with Crippen molar-refractivity contribution in [3.8, 4) is 0 Å². The monoisotopic (exact) mass is 925 g/mol. The van der Waals surface area contributed by atoms with Gasteiger partial charge in [0.25, 0.3) is 0 Å². The van der Waals surface area contributed by atoms with Crippen LogP contribution >= 0.6 is 0 Å². The van der Waals surface area contributed by atoms with E-state index in [2.05, 4.69) is 26.0 Å². The number of hydrogen-bond acceptors (Lipinski definition) is 9. The smallest absolute Gasteiger partial charge is 0.306 e. The van der Waals surface area contributed by atoms with Crippen molar-refractivity contribution in [2.75, 3.05) is 26.4 Å². The Kier molecular flexibility index (Phi) is 45.7. The van der Waals surface area contributed by atoms with E-state index in [1.165, 1.54) is 225 Å². The number of esters is 1. The third kappa shape index (κ3) is 38.5. The van der Waals surface area contributed by atoms with Crippen LogP contribution in [-0.4, -0.2) is 89.6 Å². The van der Waals surface area contributed by atoms with Crippen molar-refractivity contribution in [1.29, 1.82) is 0 Å².